The second-order valence-electron chi connectivity index (χ2n) is 7.34. The Morgan fingerprint density at radius 3 is 2.58 bits per heavy atom. The fraction of sp³-hybridized carbons (Fsp3) is 0.261. The molecule has 0 atom stereocenters. The Balaban J connectivity index is 1.34. The van der Waals surface area contributed by atoms with Gasteiger partial charge in [-0.25, -0.2) is 9.18 Å². The quantitative estimate of drug-likeness (QED) is 0.493. The van der Waals surface area contributed by atoms with E-state index in [1.54, 1.807) is 12.1 Å². The number of nitrogens with one attached hydrogen (secondary N) is 3. The lowest BCUT2D eigenvalue weighted by atomic mass is 10.1. The van der Waals surface area contributed by atoms with Crippen LogP contribution in [-0.4, -0.2) is 47.2 Å². The maximum absolute atomic E-state index is 13.0. The first-order valence-electron chi connectivity index (χ1n) is 10.1. The number of amides is 3. The molecule has 3 amide bonds. The third kappa shape index (κ3) is 7.35. The van der Waals surface area contributed by atoms with Crippen LogP contribution in [0.15, 0.2) is 60.7 Å². The van der Waals surface area contributed by atoms with Crippen LogP contribution < -0.4 is 10.6 Å². The molecule has 8 heteroatoms. The van der Waals surface area contributed by atoms with Crippen molar-refractivity contribution < 1.29 is 14.0 Å². The summed E-state index contributed by atoms with van der Waals surface area (Å²) in [6.45, 7) is 1.17. The minimum Gasteiger partial charge on any atom is -0.334 e. The first kappa shape index (κ1) is 22.2. The van der Waals surface area contributed by atoms with E-state index < -0.39 is 6.03 Å². The van der Waals surface area contributed by atoms with E-state index in [1.807, 2.05) is 48.3 Å². The number of halogens is 1. The Labute approximate surface area is 180 Å². The second-order valence-corrected chi connectivity index (χ2v) is 7.34. The van der Waals surface area contributed by atoms with Crippen LogP contribution in [0.2, 0.25) is 0 Å². The van der Waals surface area contributed by atoms with Gasteiger partial charge in [0.2, 0.25) is 5.91 Å². The van der Waals surface area contributed by atoms with E-state index >= 15 is 0 Å². The van der Waals surface area contributed by atoms with Crippen LogP contribution in [0, 0.1) is 5.82 Å². The number of carbonyl (C=O) groups excluding carboxylic acids is 2. The molecule has 7 nitrogen and oxygen atoms in total. The van der Waals surface area contributed by atoms with Crippen molar-refractivity contribution in [1.82, 2.24) is 25.7 Å². The highest BCUT2D eigenvalue weighted by atomic mass is 19.1. The predicted molar refractivity (Wildman–Crippen MR) is 117 cm³/mol. The van der Waals surface area contributed by atoms with Crippen molar-refractivity contribution in [1.29, 1.82) is 0 Å². The number of hydrogen-bond acceptors (Lipinski definition) is 4. The fourth-order valence-electron chi connectivity index (χ4n) is 3.11. The van der Waals surface area contributed by atoms with Gasteiger partial charge in [0.1, 0.15) is 5.82 Å². The van der Waals surface area contributed by atoms with Crippen LogP contribution >= 0.6 is 0 Å². The molecule has 0 aliphatic rings. The number of likely N-dealkylation sites (N-methyl/N-ethyl adjacent to an activating group) is 1. The topological polar surface area (TPSA) is 90.1 Å². The predicted octanol–water partition coefficient (Wildman–Crippen LogP) is 3.11. The van der Waals surface area contributed by atoms with E-state index in [-0.39, 0.29) is 18.3 Å². The number of urea groups is 1. The highest BCUT2D eigenvalue weighted by molar-refractivity contribution is 5.95. The van der Waals surface area contributed by atoms with Gasteiger partial charge >= 0.3 is 6.03 Å². The number of imide groups is 1. The molecule has 0 aliphatic carbocycles. The molecule has 0 unspecified atom stereocenters. The van der Waals surface area contributed by atoms with Crippen LogP contribution in [0.1, 0.15) is 17.7 Å². The van der Waals surface area contributed by atoms with Gasteiger partial charge in [0.25, 0.3) is 0 Å². The number of aryl methyl sites for hydroxylation is 1. The average molecular weight is 423 g/mol. The first-order valence-corrected chi connectivity index (χ1v) is 10.1. The summed E-state index contributed by atoms with van der Waals surface area (Å²) < 4.78 is 13.0. The van der Waals surface area contributed by atoms with Crippen molar-refractivity contribution in [2.24, 2.45) is 0 Å². The highest BCUT2D eigenvalue weighted by Gasteiger charge is 2.11. The minimum atomic E-state index is -0.506. The van der Waals surface area contributed by atoms with Gasteiger partial charge in [-0.3, -0.25) is 20.1 Å². The number of benzene rings is 2. The van der Waals surface area contributed by atoms with Gasteiger partial charge in [-0.05, 0) is 62.3 Å². The first-order chi connectivity index (χ1) is 15.0. The summed E-state index contributed by atoms with van der Waals surface area (Å²) in [7, 11) is 1.83. The standard InChI is InChI=1S/C23H26FN5O2/c1-29(16-22(30)26-23(31)25-15-17-6-3-2-4-7-17)13-5-8-20-14-21(28-27-20)18-9-11-19(24)12-10-18/h2-4,6-7,9-12,14H,5,8,13,15-16H2,1H3,(H,27,28)(H2,25,26,30,31). The molecule has 1 aromatic heterocycles. The highest BCUT2D eigenvalue weighted by Crippen LogP contribution is 2.18. The summed E-state index contributed by atoms with van der Waals surface area (Å²) in [4.78, 5) is 25.7. The maximum Gasteiger partial charge on any atom is 0.321 e. The van der Waals surface area contributed by atoms with E-state index in [9.17, 15) is 14.0 Å². The fourth-order valence-corrected chi connectivity index (χ4v) is 3.11. The Morgan fingerprint density at radius 1 is 1.10 bits per heavy atom. The number of rotatable bonds is 9. The normalized spacial score (nSPS) is 10.8. The number of hydrogen-bond donors (Lipinski definition) is 3. The molecular weight excluding hydrogens is 397 g/mol. The zero-order valence-electron chi connectivity index (χ0n) is 17.4. The van der Waals surface area contributed by atoms with Crippen LogP contribution in [0.25, 0.3) is 11.3 Å². The third-order valence-electron chi connectivity index (χ3n) is 4.72. The molecule has 0 saturated heterocycles. The van der Waals surface area contributed by atoms with Gasteiger partial charge in [0.15, 0.2) is 0 Å². The molecule has 2 aromatic carbocycles. The molecule has 0 spiro atoms. The van der Waals surface area contributed by atoms with Crippen LogP contribution in [0.3, 0.4) is 0 Å². The van der Waals surface area contributed by atoms with Gasteiger partial charge in [0.05, 0.1) is 12.2 Å². The Hall–Kier alpha value is -3.52. The molecule has 3 aromatic rings. The van der Waals surface area contributed by atoms with E-state index in [4.69, 9.17) is 0 Å². The Bertz CT molecular complexity index is 989. The van der Waals surface area contributed by atoms with Gasteiger partial charge in [0, 0.05) is 17.8 Å². The van der Waals surface area contributed by atoms with Crippen molar-refractivity contribution in [2.45, 2.75) is 19.4 Å². The second kappa shape index (κ2) is 11.0. The monoisotopic (exact) mass is 423 g/mol. The summed E-state index contributed by atoms with van der Waals surface area (Å²) in [5, 5.41) is 12.3. The van der Waals surface area contributed by atoms with Gasteiger partial charge in [-0.1, -0.05) is 30.3 Å². The van der Waals surface area contributed by atoms with Crippen molar-refractivity contribution in [3.63, 3.8) is 0 Å². The summed E-state index contributed by atoms with van der Waals surface area (Å²) in [5.74, 6) is -0.631. The van der Waals surface area contributed by atoms with Gasteiger partial charge < -0.3 is 5.32 Å². The van der Waals surface area contributed by atoms with Crippen LogP contribution in [0.4, 0.5) is 9.18 Å². The molecule has 0 aliphatic heterocycles. The molecule has 0 radical (unpaired) electrons. The summed E-state index contributed by atoms with van der Waals surface area (Å²) in [6.07, 6.45) is 1.58. The smallest absolute Gasteiger partial charge is 0.321 e. The number of nitrogens with zero attached hydrogens (tertiary/aromatic N) is 2. The minimum absolute atomic E-state index is 0.128. The molecule has 3 N–H and O–H groups in total. The lowest BCUT2D eigenvalue weighted by molar-refractivity contribution is -0.120. The molecule has 0 bridgehead atoms. The summed E-state index contributed by atoms with van der Waals surface area (Å²) in [5.41, 5.74) is 3.55. The van der Waals surface area contributed by atoms with Crippen molar-refractivity contribution in [2.75, 3.05) is 20.1 Å². The third-order valence-corrected chi connectivity index (χ3v) is 4.72. The zero-order valence-corrected chi connectivity index (χ0v) is 17.4. The largest absolute Gasteiger partial charge is 0.334 e. The Kier molecular flexibility index (Phi) is 7.89. The molecule has 0 saturated carbocycles. The SMILES string of the molecule is CN(CCCc1cc(-c2ccc(F)cc2)n[nH]1)CC(=O)NC(=O)NCc1ccccc1. The molecular formula is C23H26FN5O2. The van der Waals surface area contributed by atoms with Crippen molar-refractivity contribution >= 4 is 11.9 Å². The molecule has 0 fully saturated rings. The number of carbonyl (C=O) groups is 2. The van der Waals surface area contributed by atoms with Gasteiger partial charge in [-0.2, -0.15) is 5.10 Å². The molecule has 1 heterocycles. The van der Waals surface area contributed by atoms with Crippen LogP contribution in [0.5, 0.6) is 0 Å². The summed E-state index contributed by atoms with van der Waals surface area (Å²) in [6, 6.07) is 17.1. The molecule has 31 heavy (non-hydrogen) atoms. The average Bonchev–Trinajstić information content (AvgIpc) is 3.22. The van der Waals surface area contributed by atoms with E-state index in [1.165, 1.54) is 12.1 Å². The maximum atomic E-state index is 13.0. The van der Waals surface area contributed by atoms with Crippen molar-refractivity contribution in [3.05, 3.63) is 77.7 Å². The van der Waals surface area contributed by atoms with Crippen molar-refractivity contribution in [3.8, 4) is 11.3 Å². The number of H-pyrrole nitrogens is 1. The molecule has 162 valence electrons. The van der Waals surface area contributed by atoms with Crippen LogP contribution in [-0.2, 0) is 17.8 Å². The number of aromatic amines is 1. The molecule has 3 rings (SSSR count). The number of aromatic nitrogens is 2. The Morgan fingerprint density at radius 2 is 1.84 bits per heavy atom. The lowest BCUT2D eigenvalue weighted by Gasteiger charge is -2.15. The van der Waals surface area contributed by atoms with Gasteiger partial charge in [-0.15, -0.1) is 0 Å². The zero-order chi connectivity index (χ0) is 22.1. The summed E-state index contributed by atoms with van der Waals surface area (Å²) >= 11 is 0. The van der Waals surface area contributed by atoms with E-state index in [0.29, 0.717) is 13.1 Å². The lowest BCUT2D eigenvalue weighted by Crippen LogP contribution is -2.43. The van der Waals surface area contributed by atoms with E-state index in [0.717, 1.165) is 35.4 Å². The van der Waals surface area contributed by atoms with E-state index in [2.05, 4.69) is 20.8 Å².